The molecule has 0 bridgehead atoms. The summed E-state index contributed by atoms with van der Waals surface area (Å²) in [6.07, 6.45) is 12.4. The van der Waals surface area contributed by atoms with Gasteiger partial charge in [0.25, 0.3) is 0 Å². The third-order valence-corrected chi connectivity index (χ3v) is 7.17. The number of rotatable bonds is 14. The van der Waals surface area contributed by atoms with E-state index in [1.54, 1.807) is 18.3 Å². The van der Waals surface area contributed by atoms with E-state index >= 15 is 0 Å². The van der Waals surface area contributed by atoms with Gasteiger partial charge in [-0.05, 0) is 81.3 Å². The fourth-order valence-corrected chi connectivity index (χ4v) is 4.83. The molecule has 1 aromatic carbocycles. The van der Waals surface area contributed by atoms with E-state index < -0.39 is 0 Å². The second-order valence-electron chi connectivity index (χ2n) is 9.43. The number of halogens is 1. The Balaban J connectivity index is 1.93. The Hall–Kier alpha value is -3.68. The molecule has 1 aliphatic rings. The van der Waals surface area contributed by atoms with Crippen molar-refractivity contribution in [3.05, 3.63) is 83.7 Å². The second kappa shape index (κ2) is 15.2. The highest BCUT2D eigenvalue weighted by Gasteiger charge is 2.17. The molecule has 212 valence electrons. The van der Waals surface area contributed by atoms with Crippen molar-refractivity contribution in [2.75, 3.05) is 48.3 Å². The molecular formula is C32H41ClN6O. The van der Waals surface area contributed by atoms with Crippen LogP contribution in [0.5, 0.6) is 0 Å². The maximum Gasteiger partial charge on any atom is 0.248 e. The first-order valence-corrected chi connectivity index (χ1v) is 14.3. The molecule has 2 N–H and O–H groups in total. The summed E-state index contributed by atoms with van der Waals surface area (Å²) in [5.41, 5.74) is 5.78. The topological polar surface area (TPSA) is 73.4 Å². The average Bonchev–Trinajstić information content (AvgIpc) is 2.96. The minimum Gasteiger partial charge on any atom is -0.369 e. The molecule has 0 aliphatic heterocycles. The van der Waals surface area contributed by atoms with Gasteiger partial charge < -0.3 is 20.4 Å². The molecule has 3 rings (SSSR count). The summed E-state index contributed by atoms with van der Waals surface area (Å²) < 4.78 is 0. The van der Waals surface area contributed by atoms with Gasteiger partial charge in [0.2, 0.25) is 11.9 Å². The zero-order valence-electron chi connectivity index (χ0n) is 24.1. The van der Waals surface area contributed by atoms with E-state index in [2.05, 4.69) is 59.3 Å². The number of anilines is 4. The van der Waals surface area contributed by atoms with E-state index in [0.717, 1.165) is 79.3 Å². The van der Waals surface area contributed by atoms with Crippen LogP contribution in [0.2, 0.25) is 0 Å². The average molecular weight is 561 g/mol. The largest absolute Gasteiger partial charge is 0.369 e. The molecule has 0 radical (unpaired) electrons. The minimum atomic E-state index is -0.181. The highest BCUT2D eigenvalue weighted by molar-refractivity contribution is 6.31. The fraction of sp³-hybridized carbons (Fsp3) is 0.344. The van der Waals surface area contributed by atoms with E-state index in [1.165, 1.54) is 6.08 Å². The molecule has 0 saturated carbocycles. The van der Waals surface area contributed by atoms with Crippen molar-refractivity contribution < 1.29 is 4.79 Å². The molecule has 1 aromatic heterocycles. The summed E-state index contributed by atoms with van der Waals surface area (Å²) in [7, 11) is 0. The first kappa shape index (κ1) is 30.9. The quantitative estimate of drug-likeness (QED) is 0.234. The summed E-state index contributed by atoms with van der Waals surface area (Å²) in [4.78, 5) is 26.5. The predicted molar refractivity (Wildman–Crippen MR) is 171 cm³/mol. The minimum absolute atomic E-state index is 0.181. The Morgan fingerprint density at radius 2 is 1.95 bits per heavy atom. The van der Waals surface area contributed by atoms with Gasteiger partial charge in [-0.1, -0.05) is 56.8 Å². The molecule has 0 spiro atoms. The van der Waals surface area contributed by atoms with Crippen molar-refractivity contribution in [3.63, 3.8) is 0 Å². The smallest absolute Gasteiger partial charge is 0.248 e. The number of aromatic nitrogens is 2. The number of hydrogen-bond acceptors (Lipinski definition) is 6. The number of benzene rings is 1. The number of nitrogens with one attached hydrogen (secondary N) is 2. The number of hydrogen-bond donors (Lipinski definition) is 2. The highest BCUT2D eigenvalue weighted by Crippen LogP contribution is 2.33. The van der Waals surface area contributed by atoms with E-state index in [9.17, 15) is 4.79 Å². The molecule has 8 heteroatoms. The first-order valence-electron chi connectivity index (χ1n) is 13.9. The van der Waals surface area contributed by atoms with Crippen LogP contribution in [0.15, 0.2) is 72.5 Å². The van der Waals surface area contributed by atoms with Crippen molar-refractivity contribution in [1.29, 1.82) is 0 Å². The number of nitrogens with zero attached hydrogens (tertiary/aromatic N) is 4. The monoisotopic (exact) mass is 560 g/mol. The number of amides is 1. The Morgan fingerprint density at radius 1 is 1.18 bits per heavy atom. The summed E-state index contributed by atoms with van der Waals surface area (Å²) in [6, 6.07) is 5.93. The van der Waals surface area contributed by atoms with Crippen LogP contribution in [0.25, 0.3) is 11.6 Å². The molecule has 40 heavy (non-hydrogen) atoms. The molecule has 7 nitrogen and oxygen atoms in total. The van der Waals surface area contributed by atoms with Crippen LogP contribution in [-0.4, -0.2) is 53.5 Å². The normalized spacial score (nSPS) is 13.2. The Morgan fingerprint density at radius 3 is 2.60 bits per heavy atom. The fourth-order valence-electron chi connectivity index (χ4n) is 4.59. The molecule has 0 saturated heterocycles. The van der Waals surface area contributed by atoms with E-state index in [0.29, 0.717) is 16.7 Å². The van der Waals surface area contributed by atoms with Crippen molar-refractivity contribution in [1.82, 2.24) is 14.9 Å². The van der Waals surface area contributed by atoms with E-state index in [1.807, 2.05) is 37.3 Å². The van der Waals surface area contributed by atoms with Gasteiger partial charge in [-0.3, -0.25) is 4.79 Å². The van der Waals surface area contributed by atoms with Crippen LogP contribution in [0.4, 0.5) is 23.0 Å². The first-order chi connectivity index (χ1) is 19.3. The van der Waals surface area contributed by atoms with Crippen molar-refractivity contribution in [2.45, 2.75) is 40.5 Å². The van der Waals surface area contributed by atoms with Crippen LogP contribution in [0.1, 0.15) is 51.8 Å². The number of allylic oxidation sites excluding steroid dienone is 6. The molecule has 1 amide bonds. The highest BCUT2D eigenvalue weighted by atomic mass is 35.5. The van der Waals surface area contributed by atoms with Crippen LogP contribution in [-0.2, 0) is 4.79 Å². The number of likely N-dealkylation sites (N-methyl/N-ethyl adjacent to an activating group) is 2. The SMILES string of the molecule is C=Cc1cnc(Nc2ccc(N(CC)CCN(CC)CC)c(NC(=O)/C=C\C)c2)nc1C(=C)C1=CC(Cl)=CCC1. The zero-order chi connectivity index (χ0) is 29.1. The number of carbonyl (C=O) groups is 1. The van der Waals surface area contributed by atoms with E-state index in [-0.39, 0.29) is 5.91 Å². The third kappa shape index (κ3) is 8.16. The lowest BCUT2D eigenvalue weighted by molar-refractivity contribution is -0.111. The molecule has 0 unspecified atom stereocenters. The van der Waals surface area contributed by atoms with Crippen LogP contribution >= 0.6 is 11.6 Å². The summed E-state index contributed by atoms with van der Waals surface area (Å²) >= 11 is 6.26. The van der Waals surface area contributed by atoms with Crippen LogP contribution < -0.4 is 15.5 Å². The van der Waals surface area contributed by atoms with Gasteiger partial charge in [0.05, 0.1) is 17.1 Å². The lowest BCUT2D eigenvalue weighted by atomic mass is 9.94. The van der Waals surface area contributed by atoms with Gasteiger partial charge in [0.1, 0.15) is 0 Å². The summed E-state index contributed by atoms with van der Waals surface area (Å²) in [6.45, 7) is 21.1. The van der Waals surface area contributed by atoms with Crippen molar-refractivity contribution >= 4 is 52.2 Å². The van der Waals surface area contributed by atoms with Crippen molar-refractivity contribution in [2.24, 2.45) is 0 Å². The van der Waals surface area contributed by atoms with Crippen molar-refractivity contribution in [3.8, 4) is 0 Å². The van der Waals surface area contributed by atoms with Gasteiger partial charge in [-0.15, -0.1) is 0 Å². The maximum atomic E-state index is 12.6. The van der Waals surface area contributed by atoms with Gasteiger partial charge in [-0.25, -0.2) is 9.97 Å². The third-order valence-electron chi connectivity index (χ3n) is 6.91. The van der Waals surface area contributed by atoms with Gasteiger partial charge in [-0.2, -0.15) is 0 Å². The molecule has 1 heterocycles. The molecule has 2 aromatic rings. The summed E-state index contributed by atoms with van der Waals surface area (Å²) in [5.74, 6) is 0.242. The lowest BCUT2D eigenvalue weighted by Crippen LogP contribution is -2.35. The molecular weight excluding hydrogens is 520 g/mol. The lowest BCUT2D eigenvalue weighted by Gasteiger charge is -2.29. The molecule has 0 fully saturated rings. The summed E-state index contributed by atoms with van der Waals surface area (Å²) in [5, 5.41) is 7.07. The Labute approximate surface area is 244 Å². The maximum absolute atomic E-state index is 12.6. The standard InChI is InChI=1S/C32H41ClN6O/c1-7-13-30(40)36-28-21-27(16-17-29(28)39(11-5)19-18-38(9-3)10-4)35-32-34-22-24(8-2)31(37-32)23(6)25-14-12-15-26(33)20-25/h7-8,13,15-17,20-22H,2,6,9-12,14,18-19H2,1,3-5H3,(H,36,40)(H,34,35,37)/b13-7-. The van der Waals surface area contributed by atoms with Crippen LogP contribution in [0, 0.1) is 0 Å². The Bertz CT molecular complexity index is 1310. The second-order valence-corrected chi connectivity index (χ2v) is 9.87. The zero-order valence-corrected chi connectivity index (χ0v) is 24.9. The number of carbonyl (C=O) groups excluding carboxylic acids is 1. The van der Waals surface area contributed by atoms with E-state index in [4.69, 9.17) is 16.6 Å². The molecule has 0 atom stereocenters. The molecule has 1 aliphatic carbocycles. The van der Waals surface area contributed by atoms with Crippen LogP contribution in [0.3, 0.4) is 0 Å². The van der Waals surface area contributed by atoms with Gasteiger partial charge in [0, 0.05) is 42.1 Å². The van der Waals surface area contributed by atoms with Gasteiger partial charge >= 0.3 is 0 Å². The predicted octanol–water partition coefficient (Wildman–Crippen LogP) is 7.40. The van der Waals surface area contributed by atoms with Gasteiger partial charge in [0.15, 0.2) is 0 Å². The Kier molecular flexibility index (Phi) is 11.7.